The topological polar surface area (TPSA) is 76.6 Å². The first-order valence-corrected chi connectivity index (χ1v) is 11.3. The van der Waals surface area contributed by atoms with Crippen LogP contribution in [0.4, 0.5) is 16.2 Å². The molecule has 3 N–H and O–H groups in total. The molecule has 0 bridgehead atoms. The van der Waals surface area contributed by atoms with Crippen molar-refractivity contribution >= 4 is 17.5 Å². The Kier molecular flexibility index (Phi) is 6.98. The molecule has 2 heterocycles. The van der Waals surface area contributed by atoms with E-state index in [1.165, 1.54) is 16.8 Å². The van der Waals surface area contributed by atoms with Gasteiger partial charge in [-0.15, -0.1) is 0 Å². The minimum Gasteiger partial charge on any atom is -0.441 e. The molecule has 32 heavy (non-hydrogen) atoms. The molecule has 0 spiro atoms. The van der Waals surface area contributed by atoms with Crippen molar-refractivity contribution in [3.63, 3.8) is 0 Å². The third-order valence-electron chi connectivity index (χ3n) is 6.24. The molecule has 4 rings (SSSR count). The van der Waals surface area contributed by atoms with Crippen LogP contribution in [0.25, 0.3) is 0 Å². The third kappa shape index (κ3) is 5.23. The van der Waals surface area contributed by atoms with Crippen LogP contribution in [0.3, 0.4) is 0 Å². The zero-order valence-electron chi connectivity index (χ0n) is 19.3. The van der Waals surface area contributed by atoms with E-state index in [0.29, 0.717) is 24.8 Å². The number of nitrogens with one attached hydrogen (secondary N) is 1. The van der Waals surface area contributed by atoms with E-state index in [2.05, 4.69) is 53.6 Å². The number of carbonyl (C=O) groups excluding carboxylic acids is 1. The van der Waals surface area contributed by atoms with Crippen LogP contribution in [-0.4, -0.2) is 57.8 Å². The van der Waals surface area contributed by atoms with Gasteiger partial charge < -0.3 is 24.4 Å². The standard InChI is InChI=1S/C25H33N3O4/c1-16(2)18-7-9-19(10-8-18)27-25(29)32-22-15-31-23-21(14-30-24(22)23)26-13-17-5-11-20(12-6-17)28(3)4/h5-12,16,21-24,26H,13-15H2,1-4H3,(H,27,29)/p+1/t21-,22+,23+,24+/m0/s1. The molecular formula is C25H34N3O4+. The summed E-state index contributed by atoms with van der Waals surface area (Å²) in [5.41, 5.74) is 4.39. The number of benzene rings is 2. The van der Waals surface area contributed by atoms with Crippen molar-refractivity contribution in [3.05, 3.63) is 59.7 Å². The van der Waals surface area contributed by atoms with Crippen LogP contribution in [0.5, 0.6) is 0 Å². The molecular weight excluding hydrogens is 406 g/mol. The first-order valence-electron chi connectivity index (χ1n) is 11.3. The summed E-state index contributed by atoms with van der Waals surface area (Å²) in [6, 6.07) is 16.6. The zero-order valence-corrected chi connectivity index (χ0v) is 19.3. The zero-order chi connectivity index (χ0) is 22.7. The number of nitrogens with zero attached hydrogens (tertiary/aromatic N) is 1. The Morgan fingerprint density at radius 1 is 1.06 bits per heavy atom. The number of amides is 1. The van der Waals surface area contributed by atoms with Gasteiger partial charge in [0.15, 0.2) is 6.10 Å². The van der Waals surface area contributed by atoms with E-state index in [1.54, 1.807) is 0 Å². The number of rotatable bonds is 7. The van der Waals surface area contributed by atoms with E-state index in [1.807, 2.05) is 38.4 Å². The minimum absolute atomic E-state index is 0.0702. The Balaban J connectivity index is 1.25. The monoisotopic (exact) mass is 440 g/mol. The van der Waals surface area contributed by atoms with Gasteiger partial charge in [-0.2, -0.15) is 0 Å². The minimum atomic E-state index is -0.478. The number of carbonyl (C=O) groups is 1. The molecule has 172 valence electrons. The Bertz CT molecular complexity index is 898. The van der Waals surface area contributed by atoms with E-state index < -0.39 is 12.2 Å². The molecule has 0 aromatic heterocycles. The first kappa shape index (κ1) is 22.6. The van der Waals surface area contributed by atoms with Gasteiger partial charge >= 0.3 is 6.09 Å². The van der Waals surface area contributed by atoms with E-state index in [9.17, 15) is 4.79 Å². The van der Waals surface area contributed by atoms with Gasteiger partial charge in [-0.1, -0.05) is 38.1 Å². The average Bonchev–Trinajstić information content (AvgIpc) is 3.36. The average molecular weight is 441 g/mol. The number of quaternary nitrogens is 1. The SMILES string of the molecule is CC(C)c1ccc(NC(=O)O[C@@H]2CO[C@H]3[C@@H]2OC[C@@H]3[NH2+]Cc2ccc(N(C)C)cc2)cc1. The number of fused-ring (bicyclic) bond motifs is 1. The van der Waals surface area contributed by atoms with Crippen molar-refractivity contribution < 1.29 is 24.3 Å². The van der Waals surface area contributed by atoms with Crippen LogP contribution in [0, 0.1) is 0 Å². The lowest BCUT2D eigenvalue weighted by Gasteiger charge is -2.17. The van der Waals surface area contributed by atoms with Crippen LogP contribution in [-0.2, 0) is 20.8 Å². The second kappa shape index (κ2) is 9.90. The van der Waals surface area contributed by atoms with Gasteiger partial charge in [0.05, 0.1) is 6.61 Å². The maximum absolute atomic E-state index is 12.4. The van der Waals surface area contributed by atoms with Gasteiger partial charge in [-0.05, 0) is 35.7 Å². The quantitative estimate of drug-likeness (QED) is 0.692. The van der Waals surface area contributed by atoms with E-state index in [0.717, 1.165) is 6.54 Å². The molecule has 2 saturated heterocycles. The van der Waals surface area contributed by atoms with E-state index >= 15 is 0 Å². The molecule has 1 amide bonds. The lowest BCUT2D eigenvalue weighted by molar-refractivity contribution is -0.707. The summed E-state index contributed by atoms with van der Waals surface area (Å²) in [6.45, 7) is 6.08. The second-order valence-electron chi connectivity index (χ2n) is 9.11. The van der Waals surface area contributed by atoms with Gasteiger partial charge in [-0.3, -0.25) is 5.32 Å². The van der Waals surface area contributed by atoms with Gasteiger partial charge in [-0.25, -0.2) is 4.79 Å². The number of hydrogen-bond acceptors (Lipinski definition) is 5. The summed E-state index contributed by atoms with van der Waals surface area (Å²) in [4.78, 5) is 14.5. The fourth-order valence-corrected chi connectivity index (χ4v) is 4.25. The highest BCUT2D eigenvalue weighted by Gasteiger charge is 2.51. The van der Waals surface area contributed by atoms with E-state index in [-0.39, 0.29) is 18.2 Å². The van der Waals surface area contributed by atoms with Gasteiger partial charge in [0, 0.05) is 31.0 Å². The number of nitrogens with two attached hydrogens (primary N) is 1. The highest BCUT2D eigenvalue weighted by Crippen LogP contribution is 2.28. The molecule has 2 fully saturated rings. The van der Waals surface area contributed by atoms with Crippen molar-refractivity contribution in [1.82, 2.24) is 0 Å². The van der Waals surface area contributed by atoms with Crippen LogP contribution < -0.4 is 15.5 Å². The number of ether oxygens (including phenoxy) is 3. The van der Waals surface area contributed by atoms with Crippen molar-refractivity contribution in [2.45, 2.75) is 50.7 Å². The molecule has 0 radical (unpaired) electrons. The van der Waals surface area contributed by atoms with Crippen LogP contribution >= 0.6 is 0 Å². The molecule has 2 aromatic rings. The summed E-state index contributed by atoms with van der Waals surface area (Å²) in [5.74, 6) is 0.449. The largest absolute Gasteiger partial charge is 0.441 e. The molecule has 2 aliphatic rings. The number of anilines is 2. The third-order valence-corrected chi connectivity index (χ3v) is 6.24. The van der Waals surface area contributed by atoms with Crippen molar-refractivity contribution in [3.8, 4) is 0 Å². The molecule has 2 aliphatic heterocycles. The molecule has 7 nitrogen and oxygen atoms in total. The Labute approximate surface area is 190 Å². The van der Waals surface area contributed by atoms with Crippen molar-refractivity contribution in [1.29, 1.82) is 0 Å². The van der Waals surface area contributed by atoms with Gasteiger partial charge in [0.1, 0.15) is 31.4 Å². The fraction of sp³-hybridized carbons (Fsp3) is 0.480. The lowest BCUT2D eigenvalue weighted by Crippen LogP contribution is -2.91. The Morgan fingerprint density at radius 3 is 2.41 bits per heavy atom. The highest BCUT2D eigenvalue weighted by atomic mass is 16.6. The van der Waals surface area contributed by atoms with Crippen LogP contribution in [0.1, 0.15) is 30.9 Å². The Hall–Kier alpha value is -2.61. The molecule has 2 aromatic carbocycles. The molecule has 0 unspecified atom stereocenters. The summed E-state index contributed by atoms with van der Waals surface area (Å²) >= 11 is 0. The molecule has 0 aliphatic carbocycles. The van der Waals surface area contributed by atoms with Crippen LogP contribution in [0.15, 0.2) is 48.5 Å². The number of hydrogen-bond donors (Lipinski definition) is 2. The predicted molar refractivity (Wildman–Crippen MR) is 124 cm³/mol. The summed E-state index contributed by atoms with van der Waals surface area (Å²) < 4.78 is 17.6. The molecule has 7 heteroatoms. The van der Waals surface area contributed by atoms with Crippen LogP contribution in [0.2, 0.25) is 0 Å². The molecule has 0 saturated carbocycles. The summed E-state index contributed by atoms with van der Waals surface area (Å²) in [7, 11) is 4.07. The predicted octanol–water partition coefficient (Wildman–Crippen LogP) is 2.72. The van der Waals surface area contributed by atoms with E-state index in [4.69, 9.17) is 14.2 Å². The van der Waals surface area contributed by atoms with Gasteiger partial charge in [0.25, 0.3) is 0 Å². The first-order chi connectivity index (χ1) is 15.4. The summed E-state index contributed by atoms with van der Waals surface area (Å²) in [6.07, 6.45) is -1.16. The maximum atomic E-state index is 12.4. The molecule has 4 atom stereocenters. The lowest BCUT2D eigenvalue weighted by atomic mass is 10.0. The maximum Gasteiger partial charge on any atom is 0.412 e. The normalized spacial score (nSPS) is 24.4. The Morgan fingerprint density at radius 2 is 1.75 bits per heavy atom. The van der Waals surface area contributed by atoms with Crippen molar-refractivity contribution in [2.24, 2.45) is 0 Å². The van der Waals surface area contributed by atoms with Crippen molar-refractivity contribution in [2.75, 3.05) is 37.5 Å². The summed E-state index contributed by atoms with van der Waals surface area (Å²) in [5, 5.41) is 5.06. The van der Waals surface area contributed by atoms with Gasteiger partial charge in [0.2, 0.25) is 0 Å². The smallest absolute Gasteiger partial charge is 0.412 e. The second-order valence-corrected chi connectivity index (χ2v) is 9.11. The fourth-order valence-electron chi connectivity index (χ4n) is 4.25. The highest BCUT2D eigenvalue weighted by molar-refractivity contribution is 5.84.